The summed E-state index contributed by atoms with van der Waals surface area (Å²) in [6.07, 6.45) is 1.97. The summed E-state index contributed by atoms with van der Waals surface area (Å²) in [6.45, 7) is 0. The average molecular weight is 310 g/mol. The quantitative estimate of drug-likeness (QED) is 0.482. The molecule has 0 atom stereocenters. The minimum Gasteiger partial charge on any atom is -0.413 e. The van der Waals surface area contributed by atoms with Gasteiger partial charge in [0.25, 0.3) is 11.8 Å². The highest BCUT2D eigenvalue weighted by Crippen LogP contribution is 2.30. The Labute approximate surface area is 118 Å². The molecule has 0 bridgehead atoms. The van der Waals surface area contributed by atoms with E-state index in [0.717, 1.165) is 12.4 Å². The third-order valence-corrected chi connectivity index (χ3v) is 2.48. The van der Waals surface area contributed by atoms with Gasteiger partial charge < -0.3 is 9.89 Å². The highest BCUT2D eigenvalue weighted by Gasteiger charge is 2.27. The van der Waals surface area contributed by atoms with Crippen LogP contribution in [0.3, 0.4) is 0 Å². The van der Waals surface area contributed by atoms with Crippen molar-refractivity contribution in [3.8, 4) is 23.2 Å². The molecule has 114 valence electrons. The first-order valence-electron chi connectivity index (χ1n) is 5.27. The third-order valence-electron chi connectivity index (χ3n) is 2.48. The Balaban J connectivity index is 0.00000176. The van der Waals surface area contributed by atoms with E-state index < -0.39 is 9.85 Å². The Morgan fingerprint density at radius 1 is 0.909 bits per heavy atom. The Hall–Kier alpha value is -3.68. The fourth-order valence-electron chi connectivity index (χ4n) is 1.58. The first-order chi connectivity index (χ1) is 10.1. The highest BCUT2D eigenvalue weighted by atomic mass is 16.6. The van der Waals surface area contributed by atoms with Crippen LogP contribution in [0.5, 0.6) is 0 Å². The fourth-order valence-corrected chi connectivity index (χ4v) is 1.58. The first kappa shape index (κ1) is 14.7. The Kier molecular flexibility index (Phi) is 3.59. The van der Waals surface area contributed by atoms with Crippen LogP contribution in [-0.4, -0.2) is 45.9 Å². The summed E-state index contributed by atoms with van der Waals surface area (Å²) in [7, 11) is 0. The third kappa shape index (κ3) is 2.24. The second kappa shape index (κ2) is 5.37. The van der Waals surface area contributed by atoms with Gasteiger partial charge in [-0.25, -0.2) is 0 Å². The largest absolute Gasteiger partial charge is 0.413 e. The maximum Gasteiger partial charge on any atom is 0.319 e. The topological polar surface area (TPSA) is 214 Å². The Morgan fingerprint density at radius 3 is 1.68 bits per heavy atom. The van der Waals surface area contributed by atoms with Crippen molar-refractivity contribution in [3.05, 3.63) is 32.6 Å². The predicted molar refractivity (Wildman–Crippen MR) is 66.4 cm³/mol. The predicted octanol–water partition coefficient (Wildman–Crippen LogP) is -0.159. The lowest BCUT2D eigenvalue weighted by Gasteiger charge is -1.90. The number of nitrogens with zero attached hydrogens (tertiary/aromatic N) is 6. The maximum atomic E-state index is 10.8. The first-order valence-corrected chi connectivity index (χ1v) is 5.27. The number of nitro groups is 2. The molecule has 0 saturated heterocycles. The van der Waals surface area contributed by atoms with E-state index in [1.807, 2.05) is 0 Å². The molecule has 0 aliphatic heterocycles. The zero-order valence-corrected chi connectivity index (χ0v) is 10.4. The van der Waals surface area contributed by atoms with Crippen molar-refractivity contribution in [1.82, 2.24) is 30.6 Å². The summed E-state index contributed by atoms with van der Waals surface area (Å²) in [5.41, 5.74) is -0.907. The van der Waals surface area contributed by atoms with Gasteiger partial charge in [-0.3, -0.25) is 30.4 Å². The van der Waals surface area contributed by atoms with Crippen LogP contribution in [0.2, 0.25) is 0 Å². The number of H-pyrrole nitrogens is 2. The SMILES string of the molecule is O.O=[N+]([O-])c1cn[nH]c1-c1nnc(-c2[nH]ncc2[N+](=O)[O-])o1. The standard InChI is InChI=1S/C8H4N8O5.H2O/c17-15(18)3-1-9-11-5(3)7-13-14-8(21-7)6-4(16(19)20)2-10-12-6;/h1-2H,(H,9,11)(H,10,12);1H2. The summed E-state index contributed by atoms with van der Waals surface area (Å²) < 4.78 is 5.18. The molecule has 0 fully saturated rings. The summed E-state index contributed by atoms with van der Waals surface area (Å²) in [5.74, 6) is -0.448. The van der Waals surface area contributed by atoms with Gasteiger partial charge in [0.15, 0.2) is 0 Å². The van der Waals surface area contributed by atoms with Crippen LogP contribution in [0.25, 0.3) is 23.2 Å². The molecule has 3 aromatic rings. The number of hydrogen-bond acceptors (Lipinski definition) is 9. The van der Waals surface area contributed by atoms with E-state index in [1.54, 1.807) is 0 Å². The number of nitrogens with one attached hydrogen (secondary N) is 2. The molecule has 0 saturated carbocycles. The van der Waals surface area contributed by atoms with Gasteiger partial charge in [-0.1, -0.05) is 0 Å². The van der Waals surface area contributed by atoms with E-state index in [-0.39, 0.29) is 40.0 Å². The summed E-state index contributed by atoms with van der Waals surface area (Å²) in [5, 5.41) is 40.5. The van der Waals surface area contributed by atoms with Crippen LogP contribution in [0.1, 0.15) is 0 Å². The minimum absolute atomic E-state index is 0. The van der Waals surface area contributed by atoms with Crippen LogP contribution in [0.4, 0.5) is 11.4 Å². The molecule has 0 aliphatic carbocycles. The Bertz CT molecular complexity index is 766. The monoisotopic (exact) mass is 310 g/mol. The molecule has 0 unspecified atom stereocenters. The van der Waals surface area contributed by atoms with Gasteiger partial charge in [0.05, 0.1) is 9.85 Å². The van der Waals surface area contributed by atoms with Gasteiger partial charge in [-0.15, -0.1) is 10.2 Å². The maximum absolute atomic E-state index is 10.8. The molecule has 0 aliphatic rings. The fraction of sp³-hybridized carbons (Fsp3) is 0. The lowest BCUT2D eigenvalue weighted by Crippen LogP contribution is -1.89. The zero-order valence-electron chi connectivity index (χ0n) is 10.4. The Morgan fingerprint density at radius 2 is 1.32 bits per heavy atom. The molecule has 3 rings (SSSR count). The van der Waals surface area contributed by atoms with Gasteiger partial charge in [0.2, 0.25) is 11.4 Å². The van der Waals surface area contributed by atoms with Crippen LogP contribution >= 0.6 is 0 Å². The van der Waals surface area contributed by atoms with Gasteiger partial charge in [0.1, 0.15) is 12.4 Å². The number of aromatic amines is 2. The molecule has 3 aromatic heterocycles. The van der Waals surface area contributed by atoms with E-state index in [0.29, 0.717) is 0 Å². The summed E-state index contributed by atoms with van der Waals surface area (Å²) in [4.78, 5) is 20.2. The molecule has 4 N–H and O–H groups in total. The van der Waals surface area contributed by atoms with Crippen molar-refractivity contribution < 1.29 is 19.7 Å². The highest BCUT2D eigenvalue weighted by molar-refractivity contribution is 5.64. The van der Waals surface area contributed by atoms with Gasteiger partial charge in [0, 0.05) is 0 Å². The van der Waals surface area contributed by atoms with Gasteiger partial charge in [-0.2, -0.15) is 10.2 Å². The van der Waals surface area contributed by atoms with Crippen molar-refractivity contribution in [2.45, 2.75) is 0 Å². The summed E-state index contributed by atoms with van der Waals surface area (Å²) >= 11 is 0. The van der Waals surface area contributed by atoms with Crippen molar-refractivity contribution >= 4 is 11.4 Å². The molecule has 0 radical (unpaired) electrons. The lowest BCUT2D eigenvalue weighted by molar-refractivity contribution is -0.384. The average Bonchev–Trinajstić information content (AvgIpc) is 3.17. The molecule has 0 spiro atoms. The minimum atomic E-state index is -0.679. The molecule has 22 heavy (non-hydrogen) atoms. The number of hydrogen-bond donors (Lipinski definition) is 2. The molecule has 14 nitrogen and oxygen atoms in total. The molecule has 14 heteroatoms. The molecule has 3 heterocycles. The van der Waals surface area contributed by atoms with E-state index in [1.165, 1.54) is 0 Å². The van der Waals surface area contributed by atoms with Gasteiger partial charge in [-0.05, 0) is 0 Å². The van der Waals surface area contributed by atoms with Crippen LogP contribution in [0, 0.1) is 20.2 Å². The van der Waals surface area contributed by atoms with E-state index in [2.05, 4.69) is 30.6 Å². The van der Waals surface area contributed by atoms with Crippen molar-refractivity contribution in [3.63, 3.8) is 0 Å². The van der Waals surface area contributed by atoms with Crippen molar-refractivity contribution in [2.75, 3.05) is 0 Å². The second-order valence-electron chi connectivity index (χ2n) is 3.69. The molecular weight excluding hydrogens is 304 g/mol. The van der Waals surface area contributed by atoms with Crippen LogP contribution < -0.4 is 0 Å². The summed E-state index contributed by atoms with van der Waals surface area (Å²) in [6, 6.07) is 0. The van der Waals surface area contributed by atoms with Crippen LogP contribution in [0.15, 0.2) is 16.8 Å². The van der Waals surface area contributed by atoms with Crippen LogP contribution in [-0.2, 0) is 0 Å². The number of rotatable bonds is 4. The smallest absolute Gasteiger partial charge is 0.319 e. The molecule has 0 aromatic carbocycles. The van der Waals surface area contributed by atoms with E-state index in [4.69, 9.17) is 4.42 Å². The van der Waals surface area contributed by atoms with E-state index >= 15 is 0 Å². The van der Waals surface area contributed by atoms with E-state index in [9.17, 15) is 20.2 Å². The zero-order chi connectivity index (χ0) is 15.0. The van der Waals surface area contributed by atoms with Gasteiger partial charge >= 0.3 is 11.4 Å². The molecule has 0 amide bonds. The second-order valence-corrected chi connectivity index (χ2v) is 3.69. The van der Waals surface area contributed by atoms with Crippen molar-refractivity contribution in [1.29, 1.82) is 0 Å². The van der Waals surface area contributed by atoms with Crippen molar-refractivity contribution in [2.24, 2.45) is 0 Å². The number of aromatic nitrogens is 6. The lowest BCUT2D eigenvalue weighted by atomic mass is 10.3. The normalized spacial score (nSPS) is 10.2. The molecular formula is C8H6N8O6.